The Bertz CT molecular complexity index is 1120. The van der Waals surface area contributed by atoms with E-state index < -0.39 is 0 Å². The molecule has 29 heavy (non-hydrogen) atoms. The van der Waals surface area contributed by atoms with E-state index in [9.17, 15) is 9.59 Å². The Morgan fingerprint density at radius 1 is 1.03 bits per heavy atom. The molecule has 0 saturated carbocycles. The third kappa shape index (κ3) is 3.48. The van der Waals surface area contributed by atoms with Crippen LogP contribution < -0.4 is 21.0 Å². The normalized spacial score (nSPS) is 15.3. The van der Waals surface area contributed by atoms with E-state index in [1.807, 2.05) is 10.6 Å². The summed E-state index contributed by atoms with van der Waals surface area (Å²) in [4.78, 5) is 33.7. The topological polar surface area (TPSA) is 69.5 Å². The number of fused-ring (bicyclic) bond motifs is 1. The van der Waals surface area contributed by atoms with Gasteiger partial charge in [-0.05, 0) is 18.6 Å². The van der Waals surface area contributed by atoms with Crippen LogP contribution in [0.5, 0.6) is 0 Å². The standard InChI is InChI=1S/C21H28N6O2/c1-4-10-27-17(22-19-18(27)20(28)24(3)21(29)23(19)2)15-25-11-13-26(14-12-25)16-8-6-5-7-9-16/h5-9H,4,10-15H2,1-3H3/p+1. The van der Waals surface area contributed by atoms with Gasteiger partial charge >= 0.3 is 5.69 Å². The Labute approximate surface area is 169 Å². The van der Waals surface area contributed by atoms with E-state index in [0.717, 1.165) is 51.5 Å². The smallest absolute Gasteiger partial charge is 0.332 e. The van der Waals surface area contributed by atoms with Crippen LogP contribution in [0.2, 0.25) is 0 Å². The van der Waals surface area contributed by atoms with E-state index in [-0.39, 0.29) is 11.2 Å². The summed E-state index contributed by atoms with van der Waals surface area (Å²) in [5, 5.41) is 0. The van der Waals surface area contributed by atoms with Crippen molar-refractivity contribution in [2.45, 2.75) is 26.4 Å². The minimum atomic E-state index is -0.334. The van der Waals surface area contributed by atoms with Crippen molar-refractivity contribution in [2.24, 2.45) is 14.1 Å². The third-order valence-electron chi connectivity index (χ3n) is 5.87. The lowest BCUT2D eigenvalue weighted by molar-refractivity contribution is -0.915. The molecule has 8 heteroatoms. The van der Waals surface area contributed by atoms with Crippen molar-refractivity contribution in [2.75, 3.05) is 31.1 Å². The first-order chi connectivity index (χ1) is 14.0. The Morgan fingerprint density at radius 2 is 1.72 bits per heavy atom. The van der Waals surface area contributed by atoms with Crippen molar-refractivity contribution in [3.05, 3.63) is 57.0 Å². The molecule has 0 spiro atoms. The molecule has 0 unspecified atom stereocenters. The molecule has 1 N–H and O–H groups in total. The van der Waals surface area contributed by atoms with Gasteiger partial charge in [-0.1, -0.05) is 25.1 Å². The number of piperazine rings is 1. The summed E-state index contributed by atoms with van der Waals surface area (Å²) >= 11 is 0. The number of hydrogen-bond acceptors (Lipinski definition) is 4. The van der Waals surface area contributed by atoms with Gasteiger partial charge in [-0.3, -0.25) is 13.9 Å². The predicted octanol–water partition coefficient (Wildman–Crippen LogP) is -0.251. The van der Waals surface area contributed by atoms with E-state index in [4.69, 9.17) is 4.98 Å². The number of nitrogens with zero attached hydrogens (tertiary/aromatic N) is 5. The fourth-order valence-corrected chi connectivity index (χ4v) is 4.21. The Morgan fingerprint density at radius 3 is 2.38 bits per heavy atom. The van der Waals surface area contributed by atoms with Crippen LogP contribution in [-0.4, -0.2) is 44.9 Å². The van der Waals surface area contributed by atoms with Crippen molar-refractivity contribution < 1.29 is 4.90 Å². The summed E-state index contributed by atoms with van der Waals surface area (Å²) in [6.07, 6.45) is 0.904. The predicted molar refractivity (Wildman–Crippen MR) is 114 cm³/mol. The van der Waals surface area contributed by atoms with E-state index in [1.54, 1.807) is 7.05 Å². The van der Waals surface area contributed by atoms with E-state index in [1.165, 1.54) is 26.8 Å². The maximum atomic E-state index is 12.8. The van der Waals surface area contributed by atoms with Gasteiger partial charge in [0.05, 0.1) is 26.2 Å². The van der Waals surface area contributed by atoms with Gasteiger partial charge in [0.1, 0.15) is 6.54 Å². The van der Waals surface area contributed by atoms with Gasteiger partial charge in [0, 0.05) is 26.3 Å². The number of aryl methyl sites for hydroxylation is 2. The van der Waals surface area contributed by atoms with Crippen LogP contribution in [0.15, 0.2) is 39.9 Å². The quantitative estimate of drug-likeness (QED) is 0.645. The number of imidazole rings is 1. The van der Waals surface area contributed by atoms with Gasteiger partial charge in [0.25, 0.3) is 5.56 Å². The first-order valence-corrected chi connectivity index (χ1v) is 10.3. The number of rotatable bonds is 5. The van der Waals surface area contributed by atoms with Gasteiger partial charge in [-0.2, -0.15) is 0 Å². The van der Waals surface area contributed by atoms with Crippen LogP contribution in [-0.2, 0) is 27.2 Å². The third-order valence-corrected chi connectivity index (χ3v) is 5.87. The molecule has 1 aromatic carbocycles. The number of anilines is 1. The molecule has 0 bridgehead atoms. The molecular weight excluding hydrogens is 368 g/mol. The maximum Gasteiger partial charge on any atom is 0.332 e. The summed E-state index contributed by atoms with van der Waals surface area (Å²) in [5.74, 6) is 0.892. The highest BCUT2D eigenvalue weighted by Gasteiger charge is 2.25. The van der Waals surface area contributed by atoms with Crippen LogP contribution in [0.25, 0.3) is 11.2 Å². The Kier molecular flexibility index (Phi) is 5.27. The maximum absolute atomic E-state index is 12.8. The van der Waals surface area contributed by atoms with Gasteiger partial charge in [-0.15, -0.1) is 0 Å². The molecule has 2 aromatic heterocycles. The number of hydrogen-bond donors (Lipinski definition) is 1. The van der Waals surface area contributed by atoms with Gasteiger partial charge < -0.3 is 14.4 Å². The zero-order chi connectivity index (χ0) is 20.5. The Balaban J connectivity index is 1.61. The fourth-order valence-electron chi connectivity index (χ4n) is 4.21. The van der Waals surface area contributed by atoms with Crippen LogP contribution in [0.4, 0.5) is 5.69 Å². The summed E-state index contributed by atoms with van der Waals surface area (Å²) in [6, 6.07) is 10.5. The van der Waals surface area contributed by atoms with Crippen molar-refractivity contribution >= 4 is 16.9 Å². The second-order valence-corrected chi connectivity index (χ2v) is 7.81. The van der Waals surface area contributed by atoms with Crippen LogP contribution in [0, 0.1) is 0 Å². The van der Waals surface area contributed by atoms with Crippen molar-refractivity contribution in [1.29, 1.82) is 0 Å². The first kappa shape index (κ1) is 19.4. The molecule has 3 heterocycles. The molecule has 154 valence electrons. The highest BCUT2D eigenvalue weighted by molar-refractivity contribution is 5.71. The molecule has 0 atom stereocenters. The number of benzene rings is 1. The molecular formula is C21H29N6O2+. The molecule has 4 rings (SSSR count). The number of para-hydroxylation sites is 1. The summed E-state index contributed by atoms with van der Waals surface area (Å²) < 4.78 is 4.67. The average Bonchev–Trinajstić information content (AvgIpc) is 3.10. The zero-order valence-corrected chi connectivity index (χ0v) is 17.4. The van der Waals surface area contributed by atoms with Crippen molar-refractivity contribution in [3.63, 3.8) is 0 Å². The fraction of sp³-hybridized carbons (Fsp3) is 0.476. The molecule has 0 radical (unpaired) electrons. The highest BCUT2D eigenvalue weighted by atomic mass is 16.2. The van der Waals surface area contributed by atoms with Crippen LogP contribution in [0.3, 0.4) is 0 Å². The summed E-state index contributed by atoms with van der Waals surface area (Å²) in [5.41, 5.74) is 1.69. The highest BCUT2D eigenvalue weighted by Crippen LogP contribution is 2.14. The molecule has 0 amide bonds. The Hall–Kier alpha value is -2.87. The SMILES string of the molecule is CCCn1c(C[NH+]2CCN(c3ccccc3)CC2)nc2c1c(=O)n(C)c(=O)n2C. The second kappa shape index (κ2) is 7.87. The molecule has 0 aliphatic carbocycles. The average molecular weight is 398 g/mol. The van der Waals surface area contributed by atoms with Crippen LogP contribution in [0.1, 0.15) is 19.2 Å². The largest absolute Gasteiger partial charge is 0.360 e. The second-order valence-electron chi connectivity index (χ2n) is 7.81. The number of aromatic nitrogens is 4. The van der Waals surface area contributed by atoms with Gasteiger partial charge in [-0.25, -0.2) is 9.78 Å². The lowest BCUT2D eigenvalue weighted by Crippen LogP contribution is -3.13. The monoisotopic (exact) mass is 397 g/mol. The zero-order valence-electron chi connectivity index (χ0n) is 17.4. The molecule has 1 aliphatic heterocycles. The molecule has 1 aliphatic rings. The van der Waals surface area contributed by atoms with E-state index in [2.05, 4.69) is 36.1 Å². The first-order valence-electron chi connectivity index (χ1n) is 10.3. The van der Waals surface area contributed by atoms with Gasteiger partial charge in [0.15, 0.2) is 17.0 Å². The summed E-state index contributed by atoms with van der Waals surface area (Å²) in [6.45, 7) is 7.59. The van der Waals surface area contributed by atoms with E-state index >= 15 is 0 Å². The van der Waals surface area contributed by atoms with Crippen molar-refractivity contribution in [3.8, 4) is 0 Å². The minimum absolute atomic E-state index is 0.265. The van der Waals surface area contributed by atoms with E-state index in [0.29, 0.717) is 11.2 Å². The lowest BCUT2D eigenvalue weighted by atomic mass is 10.2. The number of quaternary nitrogens is 1. The molecule has 1 saturated heterocycles. The van der Waals surface area contributed by atoms with Crippen LogP contribution >= 0.6 is 0 Å². The summed E-state index contributed by atoms with van der Waals surface area (Å²) in [7, 11) is 3.21. The molecule has 3 aromatic rings. The van der Waals surface area contributed by atoms with Crippen molar-refractivity contribution in [1.82, 2.24) is 18.7 Å². The minimum Gasteiger partial charge on any atom is -0.360 e. The molecule has 8 nitrogen and oxygen atoms in total. The van der Waals surface area contributed by atoms with Gasteiger partial charge in [0.2, 0.25) is 0 Å². The molecule has 1 fully saturated rings. The lowest BCUT2D eigenvalue weighted by Gasteiger charge is -2.33. The number of nitrogens with one attached hydrogen (secondary N) is 1.